The Balaban J connectivity index is 2.24. The van der Waals surface area contributed by atoms with Gasteiger partial charge in [0, 0.05) is 12.7 Å². The third-order valence-electron chi connectivity index (χ3n) is 3.50. The van der Waals surface area contributed by atoms with Gasteiger partial charge < -0.3 is 4.57 Å². The molecule has 0 aliphatic carbocycles. The maximum atomic E-state index is 11.2. The molecule has 0 aliphatic rings. The van der Waals surface area contributed by atoms with E-state index >= 15 is 0 Å². The number of hydrogen-bond acceptors (Lipinski definition) is 3. The second kappa shape index (κ2) is 8.42. The average molecular weight is 301 g/mol. The Hall–Kier alpha value is -0.880. The average Bonchev–Trinajstić information content (AvgIpc) is 2.74. The molecule has 0 radical (unpaired) electrons. The van der Waals surface area contributed by atoms with Crippen molar-refractivity contribution in [1.82, 2.24) is 9.55 Å². The lowest BCUT2D eigenvalue weighted by molar-refractivity contribution is 0.539. The molecule has 0 unspecified atom stereocenters. The Morgan fingerprint density at radius 2 is 1.65 bits per heavy atom. The van der Waals surface area contributed by atoms with Gasteiger partial charge in [0.05, 0.1) is 0 Å². The van der Waals surface area contributed by atoms with Crippen molar-refractivity contribution < 1.29 is 8.42 Å². The second-order valence-corrected chi connectivity index (χ2v) is 6.85. The van der Waals surface area contributed by atoms with Gasteiger partial charge in [-0.05, 0) is 13.3 Å². The van der Waals surface area contributed by atoms with Gasteiger partial charge >= 0.3 is 0 Å². The monoisotopic (exact) mass is 301 g/mol. The molecule has 0 spiro atoms. The van der Waals surface area contributed by atoms with Crippen LogP contribution in [0, 0.1) is 6.92 Å². The first-order valence-electron chi connectivity index (χ1n) is 7.51. The number of nitrogens with two attached hydrogens (primary N) is 1. The van der Waals surface area contributed by atoms with E-state index in [1.54, 1.807) is 6.92 Å². The molecule has 1 heterocycles. The fourth-order valence-electron chi connectivity index (χ4n) is 2.26. The Bertz CT molecular complexity index is 495. The molecule has 6 heteroatoms. The number of aryl methyl sites for hydroxylation is 2. The van der Waals surface area contributed by atoms with Gasteiger partial charge in [0.25, 0.3) is 10.0 Å². The zero-order valence-corrected chi connectivity index (χ0v) is 13.5. The van der Waals surface area contributed by atoms with Crippen LogP contribution in [0.4, 0.5) is 0 Å². The highest BCUT2D eigenvalue weighted by molar-refractivity contribution is 7.89. The molecule has 1 rings (SSSR count). The number of aromatic nitrogens is 2. The fourth-order valence-corrected chi connectivity index (χ4v) is 2.79. The smallest absolute Gasteiger partial charge is 0.257 e. The van der Waals surface area contributed by atoms with Crippen molar-refractivity contribution in [3.63, 3.8) is 0 Å². The molecule has 0 bridgehead atoms. The molecule has 5 nitrogen and oxygen atoms in total. The van der Waals surface area contributed by atoms with Crippen molar-refractivity contribution >= 4 is 10.0 Å². The molecular formula is C14H27N3O2S. The van der Waals surface area contributed by atoms with E-state index in [4.69, 9.17) is 5.14 Å². The summed E-state index contributed by atoms with van der Waals surface area (Å²) in [7, 11) is -3.68. The van der Waals surface area contributed by atoms with Gasteiger partial charge in [-0.1, -0.05) is 51.9 Å². The summed E-state index contributed by atoms with van der Waals surface area (Å²) in [5, 5.41) is 5.04. The first kappa shape index (κ1) is 17.2. The van der Waals surface area contributed by atoms with Crippen LogP contribution in [0.5, 0.6) is 0 Å². The van der Waals surface area contributed by atoms with Gasteiger partial charge in [-0.2, -0.15) is 0 Å². The summed E-state index contributed by atoms with van der Waals surface area (Å²) in [5.74, 6) is 0.706. The number of unbranched alkanes of at least 4 members (excludes halogenated alkanes) is 7. The normalized spacial score (nSPS) is 11.9. The van der Waals surface area contributed by atoms with E-state index in [0.717, 1.165) is 13.0 Å². The molecule has 1 aromatic heterocycles. The molecular weight excluding hydrogens is 274 g/mol. The van der Waals surface area contributed by atoms with Crippen LogP contribution < -0.4 is 5.14 Å². The number of sulfonamides is 1. The van der Waals surface area contributed by atoms with E-state index in [9.17, 15) is 8.42 Å². The number of primary sulfonamides is 1. The lowest BCUT2D eigenvalue weighted by atomic mass is 10.1. The largest absolute Gasteiger partial charge is 0.334 e. The highest BCUT2D eigenvalue weighted by Crippen LogP contribution is 2.11. The van der Waals surface area contributed by atoms with Crippen LogP contribution in [0.3, 0.4) is 0 Å². The molecule has 0 saturated carbocycles. The molecule has 0 fully saturated rings. The van der Waals surface area contributed by atoms with Crippen LogP contribution in [0.1, 0.15) is 64.1 Å². The van der Waals surface area contributed by atoms with Crippen LogP contribution >= 0.6 is 0 Å². The summed E-state index contributed by atoms with van der Waals surface area (Å²) in [6.07, 6.45) is 11.6. The predicted octanol–water partition coefficient (Wildman–Crippen LogP) is 2.98. The zero-order chi connectivity index (χ0) is 15.0. The Labute approximate surface area is 122 Å². The van der Waals surface area contributed by atoms with E-state index in [-0.39, 0.29) is 5.03 Å². The van der Waals surface area contributed by atoms with Crippen molar-refractivity contribution in [3.05, 3.63) is 12.0 Å². The third-order valence-corrected chi connectivity index (χ3v) is 4.28. The summed E-state index contributed by atoms with van der Waals surface area (Å²) in [5.41, 5.74) is 0. The quantitative estimate of drug-likeness (QED) is 0.675. The van der Waals surface area contributed by atoms with Gasteiger partial charge in [-0.25, -0.2) is 18.5 Å². The summed E-state index contributed by atoms with van der Waals surface area (Å²) in [6, 6.07) is 0. The van der Waals surface area contributed by atoms with Gasteiger partial charge in [0.15, 0.2) is 5.03 Å². The van der Waals surface area contributed by atoms with Gasteiger partial charge in [-0.3, -0.25) is 0 Å². The number of hydrogen-bond donors (Lipinski definition) is 1. The minimum Gasteiger partial charge on any atom is -0.334 e. The van der Waals surface area contributed by atoms with Gasteiger partial charge in [-0.15, -0.1) is 0 Å². The molecule has 0 atom stereocenters. The van der Waals surface area contributed by atoms with Crippen molar-refractivity contribution in [3.8, 4) is 0 Å². The third kappa shape index (κ3) is 6.05. The number of rotatable bonds is 10. The summed E-state index contributed by atoms with van der Waals surface area (Å²) in [6.45, 7) is 4.84. The Morgan fingerprint density at radius 1 is 1.10 bits per heavy atom. The van der Waals surface area contributed by atoms with E-state index in [2.05, 4.69) is 11.9 Å². The van der Waals surface area contributed by atoms with Crippen molar-refractivity contribution in [2.75, 3.05) is 0 Å². The molecule has 20 heavy (non-hydrogen) atoms. The lowest BCUT2D eigenvalue weighted by Gasteiger charge is -2.04. The van der Waals surface area contributed by atoms with E-state index in [1.165, 1.54) is 51.1 Å². The zero-order valence-electron chi connectivity index (χ0n) is 12.6. The molecule has 0 aliphatic heterocycles. The highest BCUT2D eigenvalue weighted by Gasteiger charge is 2.13. The van der Waals surface area contributed by atoms with Crippen molar-refractivity contribution in [2.45, 2.75) is 76.8 Å². The first-order chi connectivity index (χ1) is 9.45. The standard InChI is InChI=1S/C14H27N3O2S/c1-3-4-5-6-7-8-9-10-11-17-12-14(16-13(17)2)20(15,18)19/h12H,3-11H2,1-2H3,(H2,15,18,19). The molecule has 2 N–H and O–H groups in total. The first-order valence-corrected chi connectivity index (χ1v) is 9.06. The maximum absolute atomic E-state index is 11.2. The van der Waals surface area contributed by atoms with E-state index < -0.39 is 10.0 Å². The topological polar surface area (TPSA) is 78.0 Å². The van der Waals surface area contributed by atoms with Crippen molar-refractivity contribution in [1.29, 1.82) is 0 Å². The van der Waals surface area contributed by atoms with Crippen LogP contribution in [0.25, 0.3) is 0 Å². The van der Waals surface area contributed by atoms with Crippen LogP contribution in [-0.2, 0) is 16.6 Å². The summed E-state index contributed by atoms with van der Waals surface area (Å²) < 4.78 is 24.3. The lowest BCUT2D eigenvalue weighted by Crippen LogP contribution is -2.12. The fraction of sp³-hybridized carbons (Fsp3) is 0.786. The van der Waals surface area contributed by atoms with E-state index in [1.807, 2.05) is 4.57 Å². The molecule has 0 saturated heterocycles. The molecule has 0 amide bonds. The minimum absolute atomic E-state index is 0.0328. The van der Waals surface area contributed by atoms with Gasteiger partial charge in [0.2, 0.25) is 0 Å². The Kier molecular flexibility index (Phi) is 7.23. The summed E-state index contributed by atoms with van der Waals surface area (Å²) in [4.78, 5) is 3.98. The predicted molar refractivity (Wildman–Crippen MR) is 80.9 cm³/mol. The van der Waals surface area contributed by atoms with Crippen molar-refractivity contribution in [2.24, 2.45) is 5.14 Å². The minimum atomic E-state index is -3.68. The molecule has 116 valence electrons. The number of imidazole rings is 1. The van der Waals surface area contributed by atoms with Crippen LogP contribution in [-0.4, -0.2) is 18.0 Å². The molecule has 1 aromatic rings. The summed E-state index contributed by atoms with van der Waals surface area (Å²) >= 11 is 0. The van der Waals surface area contributed by atoms with Gasteiger partial charge in [0.1, 0.15) is 5.82 Å². The van der Waals surface area contributed by atoms with Crippen LogP contribution in [0.15, 0.2) is 11.2 Å². The highest BCUT2D eigenvalue weighted by atomic mass is 32.2. The maximum Gasteiger partial charge on any atom is 0.257 e. The number of nitrogens with zero attached hydrogens (tertiary/aromatic N) is 2. The van der Waals surface area contributed by atoms with Crippen LogP contribution in [0.2, 0.25) is 0 Å². The second-order valence-electron chi connectivity index (χ2n) is 5.34. The Morgan fingerprint density at radius 3 is 2.15 bits per heavy atom. The van der Waals surface area contributed by atoms with E-state index in [0.29, 0.717) is 5.82 Å². The molecule has 0 aromatic carbocycles. The SMILES string of the molecule is CCCCCCCCCCn1cc(S(N)(=O)=O)nc1C.